The molecule has 0 atom stereocenters. The van der Waals surface area contributed by atoms with Gasteiger partial charge in [-0.1, -0.05) is 25.0 Å². The van der Waals surface area contributed by atoms with Crippen LogP contribution in [0.3, 0.4) is 0 Å². The number of nitrogens with one attached hydrogen (secondary N) is 1. The Labute approximate surface area is 116 Å². The van der Waals surface area contributed by atoms with Crippen LogP contribution in [0.5, 0.6) is 5.75 Å². The molecule has 1 aliphatic carbocycles. The lowest BCUT2D eigenvalue weighted by atomic mass is 10.1. The number of ether oxygens (including phenoxy) is 2. The highest BCUT2D eigenvalue weighted by Crippen LogP contribution is 2.25. The van der Waals surface area contributed by atoms with Gasteiger partial charge in [0.2, 0.25) is 0 Å². The second-order valence-corrected chi connectivity index (χ2v) is 5.28. The fourth-order valence-electron chi connectivity index (χ4n) is 2.50. The van der Waals surface area contributed by atoms with Gasteiger partial charge in [0.1, 0.15) is 5.75 Å². The molecule has 0 unspecified atom stereocenters. The smallest absolute Gasteiger partial charge is 0.119 e. The van der Waals surface area contributed by atoms with Gasteiger partial charge in [-0.25, -0.2) is 0 Å². The molecule has 0 bridgehead atoms. The largest absolute Gasteiger partial charge is 0.493 e. The van der Waals surface area contributed by atoms with Crippen LogP contribution in [0.15, 0.2) is 24.3 Å². The van der Waals surface area contributed by atoms with Crippen molar-refractivity contribution in [3.63, 3.8) is 0 Å². The lowest BCUT2D eigenvalue weighted by molar-refractivity contribution is 0.199. The van der Waals surface area contributed by atoms with Crippen molar-refractivity contribution in [2.24, 2.45) is 5.92 Å². The highest BCUT2D eigenvalue weighted by Gasteiger charge is 2.15. The molecule has 1 aliphatic rings. The molecule has 3 heteroatoms. The van der Waals surface area contributed by atoms with E-state index in [9.17, 15) is 0 Å². The van der Waals surface area contributed by atoms with Crippen LogP contribution in [0.4, 0.5) is 0 Å². The molecule has 1 saturated carbocycles. The number of hydrogen-bond acceptors (Lipinski definition) is 3. The van der Waals surface area contributed by atoms with Gasteiger partial charge >= 0.3 is 0 Å². The zero-order chi connectivity index (χ0) is 13.3. The van der Waals surface area contributed by atoms with Gasteiger partial charge < -0.3 is 14.8 Å². The van der Waals surface area contributed by atoms with Crippen molar-refractivity contribution in [3.05, 3.63) is 29.8 Å². The van der Waals surface area contributed by atoms with Crippen LogP contribution >= 0.6 is 0 Å². The third-order valence-electron chi connectivity index (χ3n) is 3.70. The zero-order valence-corrected chi connectivity index (χ0v) is 11.9. The van der Waals surface area contributed by atoms with Crippen LogP contribution in [-0.4, -0.2) is 26.9 Å². The van der Waals surface area contributed by atoms with E-state index in [-0.39, 0.29) is 0 Å². The van der Waals surface area contributed by atoms with Crippen molar-refractivity contribution >= 4 is 0 Å². The summed E-state index contributed by atoms with van der Waals surface area (Å²) in [6, 6.07) is 8.40. The van der Waals surface area contributed by atoms with E-state index >= 15 is 0 Å². The molecule has 106 valence electrons. The minimum atomic E-state index is 0.753. The van der Waals surface area contributed by atoms with E-state index in [1.807, 2.05) is 0 Å². The maximum atomic E-state index is 5.85. The molecule has 1 aromatic rings. The first kappa shape index (κ1) is 14.4. The molecule has 0 spiro atoms. The first-order valence-corrected chi connectivity index (χ1v) is 7.30. The third kappa shape index (κ3) is 5.21. The van der Waals surface area contributed by atoms with Crippen LogP contribution in [0, 0.1) is 5.92 Å². The Balaban J connectivity index is 1.68. The summed E-state index contributed by atoms with van der Waals surface area (Å²) in [5.74, 6) is 1.77. The Morgan fingerprint density at radius 3 is 2.58 bits per heavy atom. The van der Waals surface area contributed by atoms with Crippen molar-refractivity contribution in [1.29, 1.82) is 0 Å². The molecule has 0 amide bonds. The van der Waals surface area contributed by atoms with Gasteiger partial charge in [0, 0.05) is 20.2 Å². The van der Waals surface area contributed by atoms with Crippen LogP contribution in [0.2, 0.25) is 0 Å². The molecule has 0 aliphatic heterocycles. The van der Waals surface area contributed by atoms with Crippen LogP contribution in [-0.2, 0) is 11.3 Å². The summed E-state index contributed by atoms with van der Waals surface area (Å²) in [5.41, 5.74) is 1.28. The van der Waals surface area contributed by atoms with E-state index in [2.05, 4.69) is 29.6 Å². The Kier molecular flexibility index (Phi) is 6.18. The standard InChI is InChI=1S/C16H25NO2/c1-18-11-10-17-12-14-6-8-16(9-7-14)19-13-15-4-2-3-5-15/h6-9,15,17H,2-5,10-13H2,1H3. The number of benzene rings is 1. The summed E-state index contributed by atoms with van der Waals surface area (Å²) in [5, 5.41) is 3.33. The maximum Gasteiger partial charge on any atom is 0.119 e. The highest BCUT2D eigenvalue weighted by molar-refractivity contribution is 5.27. The summed E-state index contributed by atoms with van der Waals surface area (Å²) in [7, 11) is 1.72. The van der Waals surface area contributed by atoms with Crippen molar-refractivity contribution in [1.82, 2.24) is 5.32 Å². The predicted octanol–water partition coefficient (Wildman–Crippen LogP) is 2.99. The second-order valence-electron chi connectivity index (χ2n) is 5.28. The molecule has 0 heterocycles. The summed E-state index contributed by atoms with van der Waals surface area (Å²) < 4.78 is 10.8. The Morgan fingerprint density at radius 2 is 1.89 bits per heavy atom. The number of rotatable bonds is 8. The first-order valence-electron chi connectivity index (χ1n) is 7.30. The van der Waals surface area contributed by atoms with Gasteiger partial charge in [0.15, 0.2) is 0 Å². The molecular formula is C16H25NO2. The molecular weight excluding hydrogens is 238 g/mol. The van der Waals surface area contributed by atoms with Gasteiger partial charge in [0.25, 0.3) is 0 Å². The molecule has 1 fully saturated rings. The van der Waals surface area contributed by atoms with Crippen molar-refractivity contribution < 1.29 is 9.47 Å². The van der Waals surface area contributed by atoms with Gasteiger partial charge in [-0.2, -0.15) is 0 Å². The maximum absolute atomic E-state index is 5.85. The molecule has 0 saturated heterocycles. The molecule has 0 radical (unpaired) electrons. The van der Waals surface area contributed by atoms with Crippen LogP contribution in [0.25, 0.3) is 0 Å². The van der Waals surface area contributed by atoms with Gasteiger partial charge in [0.05, 0.1) is 13.2 Å². The Bertz CT molecular complexity index is 344. The summed E-state index contributed by atoms with van der Waals surface area (Å²) >= 11 is 0. The number of methoxy groups -OCH3 is 1. The van der Waals surface area contributed by atoms with Crippen molar-refractivity contribution in [3.8, 4) is 5.75 Å². The van der Waals surface area contributed by atoms with Crippen molar-refractivity contribution in [2.75, 3.05) is 26.9 Å². The molecule has 3 nitrogen and oxygen atoms in total. The molecule has 1 N–H and O–H groups in total. The molecule has 0 aromatic heterocycles. The molecule has 19 heavy (non-hydrogen) atoms. The average molecular weight is 263 g/mol. The van der Waals surface area contributed by atoms with Gasteiger partial charge in [-0.05, 0) is 36.5 Å². The fraction of sp³-hybridized carbons (Fsp3) is 0.625. The van der Waals surface area contributed by atoms with E-state index in [0.717, 1.165) is 38.0 Å². The Hall–Kier alpha value is -1.06. The summed E-state index contributed by atoms with van der Waals surface area (Å²) in [6.07, 6.45) is 5.42. The summed E-state index contributed by atoms with van der Waals surface area (Å²) in [4.78, 5) is 0. The first-order chi connectivity index (χ1) is 9.38. The molecule has 2 rings (SSSR count). The predicted molar refractivity (Wildman–Crippen MR) is 77.5 cm³/mol. The second kappa shape index (κ2) is 8.18. The van der Waals surface area contributed by atoms with Gasteiger partial charge in [-0.3, -0.25) is 0 Å². The quantitative estimate of drug-likeness (QED) is 0.731. The van der Waals surface area contributed by atoms with Crippen LogP contribution < -0.4 is 10.1 Å². The minimum Gasteiger partial charge on any atom is -0.493 e. The number of hydrogen-bond donors (Lipinski definition) is 1. The van der Waals surface area contributed by atoms with E-state index < -0.39 is 0 Å². The van der Waals surface area contributed by atoms with Crippen molar-refractivity contribution in [2.45, 2.75) is 32.2 Å². The highest BCUT2D eigenvalue weighted by atomic mass is 16.5. The lowest BCUT2D eigenvalue weighted by Crippen LogP contribution is -2.18. The van der Waals surface area contributed by atoms with E-state index in [1.54, 1.807) is 7.11 Å². The normalized spacial score (nSPS) is 15.8. The lowest BCUT2D eigenvalue weighted by Gasteiger charge is -2.11. The van der Waals surface area contributed by atoms with E-state index in [0.29, 0.717) is 0 Å². The monoisotopic (exact) mass is 263 g/mol. The van der Waals surface area contributed by atoms with Crippen LogP contribution in [0.1, 0.15) is 31.2 Å². The minimum absolute atomic E-state index is 0.753. The SMILES string of the molecule is COCCNCc1ccc(OCC2CCCC2)cc1. The molecule has 1 aromatic carbocycles. The zero-order valence-electron chi connectivity index (χ0n) is 11.9. The summed E-state index contributed by atoms with van der Waals surface area (Å²) in [6.45, 7) is 3.40. The topological polar surface area (TPSA) is 30.5 Å². The van der Waals surface area contributed by atoms with E-state index in [4.69, 9.17) is 9.47 Å². The Morgan fingerprint density at radius 1 is 1.16 bits per heavy atom. The fourth-order valence-corrected chi connectivity index (χ4v) is 2.50. The van der Waals surface area contributed by atoms with Gasteiger partial charge in [-0.15, -0.1) is 0 Å². The third-order valence-corrected chi connectivity index (χ3v) is 3.70. The van der Waals surface area contributed by atoms with E-state index in [1.165, 1.54) is 31.2 Å². The average Bonchev–Trinajstić information content (AvgIpc) is 2.96.